The Balaban J connectivity index is 2.24. The van der Waals surface area contributed by atoms with Crippen molar-refractivity contribution >= 4 is 60.2 Å². The SMILES string of the molecule is Nc1c(Br)cc(Br)cc1-c1nc2cc(Cl)ccc2o1. The second kappa shape index (κ2) is 4.81. The van der Waals surface area contributed by atoms with Gasteiger partial charge in [0.15, 0.2) is 5.58 Å². The van der Waals surface area contributed by atoms with E-state index >= 15 is 0 Å². The lowest BCUT2D eigenvalue weighted by Gasteiger charge is -2.04. The van der Waals surface area contributed by atoms with Crippen LogP contribution in [-0.2, 0) is 0 Å². The van der Waals surface area contributed by atoms with Crippen molar-refractivity contribution in [1.82, 2.24) is 4.98 Å². The van der Waals surface area contributed by atoms with Crippen LogP contribution in [-0.4, -0.2) is 4.98 Å². The van der Waals surface area contributed by atoms with Crippen LogP contribution < -0.4 is 5.73 Å². The van der Waals surface area contributed by atoms with Crippen LogP contribution in [0.3, 0.4) is 0 Å². The summed E-state index contributed by atoms with van der Waals surface area (Å²) in [5.41, 5.74) is 8.74. The van der Waals surface area contributed by atoms with Crippen LogP contribution in [0, 0.1) is 0 Å². The smallest absolute Gasteiger partial charge is 0.229 e. The summed E-state index contributed by atoms with van der Waals surface area (Å²) in [6.07, 6.45) is 0. The first-order valence-corrected chi connectivity index (χ1v) is 7.32. The monoisotopic (exact) mass is 400 g/mol. The fourth-order valence-electron chi connectivity index (χ4n) is 1.78. The Morgan fingerprint density at radius 2 is 1.95 bits per heavy atom. The summed E-state index contributed by atoms with van der Waals surface area (Å²) < 4.78 is 7.39. The second-order valence-electron chi connectivity index (χ2n) is 3.98. The maximum absolute atomic E-state index is 6.04. The van der Waals surface area contributed by atoms with Crippen molar-refractivity contribution in [3.05, 3.63) is 44.3 Å². The van der Waals surface area contributed by atoms with Crippen molar-refractivity contribution in [3.8, 4) is 11.5 Å². The van der Waals surface area contributed by atoms with E-state index < -0.39 is 0 Å². The van der Waals surface area contributed by atoms with Crippen molar-refractivity contribution in [1.29, 1.82) is 0 Å². The average molecular weight is 402 g/mol. The predicted molar refractivity (Wildman–Crippen MR) is 84.3 cm³/mol. The molecule has 19 heavy (non-hydrogen) atoms. The molecule has 0 saturated carbocycles. The molecule has 0 atom stereocenters. The van der Waals surface area contributed by atoms with E-state index in [1.165, 1.54) is 0 Å². The van der Waals surface area contributed by atoms with E-state index in [1.807, 2.05) is 12.1 Å². The first-order chi connectivity index (χ1) is 9.04. The highest BCUT2D eigenvalue weighted by atomic mass is 79.9. The van der Waals surface area contributed by atoms with Crippen molar-refractivity contribution in [3.63, 3.8) is 0 Å². The molecule has 0 radical (unpaired) electrons. The van der Waals surface area contributed by atoms with E-state index in [0.717, 1.165) is 14.5 Å². The van der Waals surface area contributed by atoms with Crippen LogP contribution in [0.5, 0.6) is 0 Å². The van der Waals surface area contributed by atoms with Gasteiger partial charge in [0, 0.05) is 14.0 Å². The number of nitrogen functional groups attached to an aromatic ring is 1. The van der Waals surface area contributed by atoms with Gasteiger partial charge >= 0.3 is 0 Å². The summed E-state index contributed by atoms with van der Waals surface area (Å²) in [5.74, 6) is 0.469. The minimum atomic E-state index is 0.469. The maximum atomic E-state index is 6.04. The molecule has 0 aliphatic rings. The van der Waals surface area contributed by atoms with E-state index in [-0.39, 0.29) is 0 Å². The van der Waals surface area contributed by atoms with Crippen molar-refractivity contribution in [2.24, 2.45) is 0 Å². The number of nitrogens with zero attached hydrogens (tertiary/aromatic N) is 1. The molecule has 0 bridgehead atoms. The van der Waals surface area contributed by atoms with Crippen LogP contribution in [0.25, 0.3) is 22.6 Å². The van der Waals surface area contributed by atoms with Gasteiger partial charge in [-0.1, -0.05) is 27.5 Å². The number of fused-ring (bicyclic) bond motifs is 1. The Morgan fingerprint density at radius 3 is 2.74 bits per heavy atom. The molecule has 2 N–H and O–H groups in total. The predicted octanol–water partition coefficient (Wildman–Crippen LogP) is 5.26. The lowest BCUT2D eigenvalue weighted by Crippen LogP contribution is -1.92. The molecule has 3 aromatic rings. The zero-order chi connectivity index (χ0) is 13.6. The lowest BCUT2D eigenvalue weighted by atomic mass is 10.2. The molecule has 1 heterocycles. The van der Waals surface area contributed by atoms with E-state index in [2.05, 4.69) is 36.8 Å². The highest BCUT2D eigenvalue weighted by Gasteiger charge is 2.14. The zero-order valence-electron chi connectivity index (χ0n) is 9.45. The van der Waals surface area contributed by atoms with Gasteiger partial charge in [-0.15, -0.1) is 0 Å². The molecule has 0 fully saturated rings. The Hall–Kier alpha value is -1.04. The summed E-state index contributed by atoms with van der Waals surface area (Å²) in [6, 6.07) is 9.05. The largest absolute Gasteiger partial charge is 0.436 e. The molecular weight excluding hydrogens is 395 g/mol. The van der Waals surface area contributed by atoms with Crippen LogP contribution in [0.15, 0.2) is 43.7 Å². The lowest BCUT2D eigenvalue weighted by molar-refractivity contribution is 0.620. The molecule has 0 unspecified atom stereocenters. The number of aromatic nitrogens is 1. The Labute approximate surface area is 131 Å². The molecule has 3 nitrogen and oxygen atoms in total. The van der Waals surface area contributed by atoms with E-state index in [9.17, 15) is 0 Å². The number of rotatable bonds is 1. The molecule has 0 spiro atoms. The van der Waals surface area contributed by atoms with Crippen LogP contribution in [0.4, 0.5) is 5.69 Å². The average Bonchev–Trinajstić information content (AvgIpc) is 2.76. The first-order valence-electron chi connectivity index (χ1n) is 5.35. The molecule has 96 valence electrons. The summed E-state index contributed by atoms with van der Waals surface area (Å²) in [6.45, 7) is 0. The molecule has 0 amide bonds. The Bertz CT molecular complexity index is 786. The number of nitrogens with two attached hydrogens (primary N) is 1. The molecule has 0 aliphatic heterocycles. The molecule has 1 aromatic heterocycles. The standard InChI is InChI=1S/C13H7Br2ClN2O/c14-6-3-8(12(17)9(15)4-6)13-18-10-5-7(16)1-2-11(10)19-13/h1-5H,17H2. The van der Waals surface area contributed by atoms with E-state index in [1.54, 1.807) is 18.2 Å². The fourth-order valence-corrected chi connectivity index (χ4v) is 3.17. The molecule has 6 heteroatoms. The number of hydrogen-bond acceptors (Lipinski definition) is 3. The normalized spacial score (nSPS) is 11.1. The summed E-state index contributed by atoms with van der Waals surface area (Å²) in [7, 11) is 0. The number of hydrogen-bond donors (Lipinski definition) is 1. The Morgan fingerprint density at radius 1 is 1.16 bits per heavy atom. The van der Waals surface area contributed by atoms with Crippen LogP contribution in [0.2, 0.25) is 5.02 Å². The molecule has 3 rings (SSSR count). The van der Waals surface area contributed by atoms with Gasteiger partial charge in [0.05, 0.1) is 11.3 Å². The summed E-state index contributed by atoms with van der Waals surface area (Å²) >= 11 is 12.8. The summed E-state index contributed by atoms with van der Waals surface area (Å²) in [5, 5.41) is 0.621. The number of halogens is 3. The van der Waals surface area contributed by atoms with Crippen molar-refractivity contribution < 1.29 is 4.42 Å². The van der Waals surface area contributed by atoms with Gasteiger partial charge in [-0.25, -0.2) is 4.98 Å². The third-order valence-corrected chi connectivity index (χ3v) is 4.02. The second-order valence-corrected chi connectivity index (χ2v) is 6.19. The number of oxazole rings is 1. The van der Waals surface area contributed by atoms with Gasteiger partial charge < -0.3 is 10.2 Å². The van der Waals surface area contributed by atoms with E-state index in [4.69, 9.17) is 21.8 Å². The van der Waals surface area contributed by atoms with E-state index in [0.29, 0.717) is 27.7 Å². The minimum Gasteiger partial charge on any atom is -0.436 e. The van der Waals surface area contributed by atoms with Gasteiger partial charge in [-0.2, -0.15) is 0 Å². The molecule has 2 aromatic carbocycles. The summed E-state index contributed by atoms with van der Waals surface area (Å²) in [4.78, 5) is 4.41. The number of anilines is 1. The quantitative estimate of drug-likeness (QED) is 0.565. The molecular formula is C13H7Br2ClN2O. The highest BCUT2D eigenvalue weighted by Crippen LogP contribution is 2.36. The van der Waals surface area contributed by atoms with Gasteiger partial charge in [-0.05, 0) is 46.3 Å². The van der Waals surface area contributed by atoms with Gasteiger partial charge in [0.25, 0.3) is 0 Å². The minimum absolute atomic E-state index is 0.469. The van der Waals surface area contributed by atoms with Crippen LogP contribution >= 0.6 is 43.5 Å². The van der Waals surface area contributed by atoms with Crippen molar-refractivity contribution in [2.45, 2.75) is 0 Å². The first kappa shape index (κ1) is 13.0. The van der Waals surface area contributed by atoms with Crippen LogP contribution in [0.1, 0.15) is 0 Å². The zero-order valence-corrected chi connectivity index (χ0v) is 13.4. The highest BCUT2D eigenvalue weighted by molar-refractivity contribution is 9.11. The molecule has 0 saturated heterocycles. The Kier molecular flexibility index (Phi) is 3.28. The number of benzene rings is 2. The topological polar surface area (TPSA) is 52.0 Å². The van der Waals surface area contributed by atoms with Gasteiger partial charge in [0.2, 0.25) is 5.89 Å². The van der Waals surface area contributed by atoms with Gasteiger partial charge in [-0.3, -0.25) is 0 Å². The maximum Gasteiger partial charge on any atom is 0.229 e. The third-order valence-electron chi connectivity index (χ3n) is 2.67. The van der Waals surface area contributed by atoms with Gasteiger partial charge in [0.1, 0.15) is 5.52 Å². The fraction of sp³-hybridized carbons (Fsp3) is 0. The third kappa shape index (κ3) is 2.38. The van der Waals surface area contributed by atoms with Crippen molar-refractivity contribution in [2.75, 3.05) is 5.73 Å². The molecule has 0 aliphatic carbocycles.